The van der Waals surface area contributed by atoms with Crippen molar-refractivity contribution in [1.82, 2.24) is 10.2 Å². The molecule has 3 N–H and O–H groups in total. The summed E-state index contributed by atoms with van der Waals surface area (Å²) in [7, 11) is 0. The molecule has 0 radical (unpaired) electrons. The third-order valence-corrected chi connectivity index (χ3v) is 3.76. The van der Waals surface area contributed by atoms with Gasteiger partial charge in [0.15, 0.2) is 0 Å². The van der Waals surface area contributed by atoms with E-state index in [9.17, 15) is 13.6 Å². The number of alkyl halides is 2. The van der Waals surface area contributed by atoms with Crippen LogP contribution in [0.2, 0.25) is 0 Å². The molecule has 0 unspecified atom stereocenters. The number of carbonyl (C=O) groups is 1. The molecule has 1 aromatic carbocycles. The summed E-state index contributed by atoms with van der Waals surface area (Å²) in [5, 5.41) is 3.39. The first-order chi connectivity index (χ1) is 10.0. The molecule has 1 heterocycles. The molecule has 6 heteroatoms. The summed E-state index contributed by atoms with van der Waals surface area (Å²) in [5.41, 5.74) is 6.10. The highest BCUT2D eigenvalue weighted by molar-refractivity contribution is 5.75. The SMILES string of the molecule is NC(=O)CN1CCC(NCc2cccc(C(F)F)c2)CC1. The summed E-state index contributed by atoms with van der Waals surface area (Å²) in [6, 6.07) is 6.84. The predicted octanol–water partition coefficient (Wildman–Crippen LogP) is 1.66. The van der Waals surface area contributed by atoms with Gasteiger partial charge in [-0.3, -0.25) is 9.69 Å². The Morgan fingerprint density at radius 1 is 1.38 bits per heavy atom. The molecule has 2 rings (SSSR count). The predicted molar refractivity (Wildman–Crippen MR) is 76.9 cm³/mol. The highest BCUT2D eigenvalue weighted by atomic mass is 19.3. The fraction of sp³-hybridized carbons (Fsp3) is 0.533. The van der Waals surface area contributed by atoms with Crippen LogP contribution in [0, 0.1) is 0 Å². The Kier molecular flexibility index (Phi) is 5.64. The second-order valence-corrected chi connectivity index (χ2v) is 5.44. The third kappa shape index (κ3) is 5.06. The summed E-state index contributed by atoms with van der Waals surface area (Å²) < 4.78 is 25.3. The minimum atomic E-state index is -2.43. The second kappa shape index (κ2) is 7.47. The van der Waals surface area contributed by atoms with Gasteiger partial charge in [-0.05, 0) is 24.5 Å². The standard InChI is InChI=1S/C15H21F2N3O/c16-15(17)12-3-1-2-11(8-12)9-19-13-4-6-20(7-5-13)10-14(18)21/h1-3,8,13,15,19H,4-7,9-10H2,(H2,18,21). The van der Waals surface area contributed by atoms with Gasteiger partial charge in [0.1, 0.15) is 0 Å². The van der Waals surface area contributed by atoms with Crippen LogP contribution < -0.4 is 11.1 Å². The molecule has 21 heavy (non-hydrogen) atoms. The van der Waals surface area contributed by atoms with E-state index in [1.165, 1.54) is 6.07 Å². The molecule has 0 bridgehead atoms. The van der Waals surface area contributed by atoms with Crippen molar-refractivity contribution in [2.24, 2.45) is 5.73 Å². The lowest BCUT2D eigenvalue weighted by atomic mass is 10.0. The average Bonchev–Trinajstić information content (AvgIpc) is 2.46. The molecule has 1 saturated heterocycles. The maximum absolute atomic E-state index is 12.6. The number of carbonyl (C=O) groups excluding carboxylic acids is 1. The number of piperidine rings is 1. The van der Waals surface area contributed by atoms with Crippen LogP contribution >= 0.6 is 0 Å². The van der Waals surface area contributed by atoms with Gasteiger partial charge in [-0.15, -0.1) is 0 Å². The summed E-state index contributed by atoms with van der Waals surface area (Å²) in [5.74, 6) is -0.301. The van der Waals surface area contributed by atoms with Crippen molar-refractivity contribution in [3.8, 4) is 0 Å². The van der Waals surface area contributed by atoms with E-state index in [1.807, 2.05) is 11.0 Å². The van der Waals surface area contributed by atoms with Gasteiger partial charge in [0.25, 0.3) is 6.43 Å². The molecule has 1 aliphatic rings. The van der Waals surface area contributed by atoms with Crippen molar-refractivity contribution in [3.63, 3.8) is 0 Å². The number of nitrogens with zero attached hydrogens (tertiary/aromatic N) is 1. The Morgan fingerprint density at radius 2 is 2.10 bits per heavy atom. The number of likely N-dealkylation sites (tertiary alicyclic amines) is 1. The Bertz CT molecular complexity index is 474. The number of amides is 1. The number of nitrogens with two attached hydrogens (primary N) is 1. The molecule has 0 spiro atoms. The topological polar surface area (TPSA) is 58.4 Å². The molecule has 0 aliphatic carbocycles. The van der Waals surface area contributed by atoms with Crippen molar-refractivity contribution in [2.75, 3.05) is 19.6 Å². The van der Waals surface area contributed by atoms with Crippen molar-refractivity contribution >= 4 is 5.91 Å². The van der Waals surface area contributed by atoms with Gasteiger partial charge in [0.2, 0.25) is 5.91 Å². The molecule has 4 nitrogen and oxygen atoms in total. The minimum Gasteiger partial charge on any atom is -0.369 e. The van der Waals surface area contributed by atoms with Crippen LogP contribution in [0.5, 0.6) is 0 Å². The first-order valence-corrected chi connectivity index (χ1v) is 7.15. The minimum absolute atomic E-state index is 0.0607. The maximum Gasteiger partial charge on any atom is 0.263 e. The van der Waals surface area contributed by atoms with E-state index in [-0.39, 0.29) is 11.5 Å². The average molecular weight is 297 g/mol. The molecule has 0 aromatic heterocycles. The lowest BCUT2D eigenvalue weighted by Gasteiger charge is -2.31. The Morgan fingerprint density at radius 3 is 2.71 bits per heavy atom. The molecular formula is C15H21F2N3O. The first-order valence-electron chi connectivity index (χ1n) is 7.15. The lowest BCUT2D eigenvalue weighted by molar-refractivity contribution is -0.119. The van der Waals surface area contributed by atoms with Crippen LogP contribution in [-0.2, 0) is 11.3 Å². The van der Waals surface area contributed by atoms with Crippen LogP contribution in [0.1, 0.15) is 30.4 Å². The molecule has 0 saturated carbocycles. The van der Waals surface area contributed by atoms with Gasteiger partial charge in [0.05, 0.1) is 6.54 Å². The van der Waals surface area contributed by atoms with E-state index in [1.54, 1.807) is 12.1 Å². The van der Waals surface area contributed by atoms with Crippen molar-refractivity contribution < 1.29 is 13.6 Å². The van der Waals surface area contributed by atoms with E-state index < -0.39 is 6.43 Å². The fourth-order valence-corrected chi connectivity index (χ4v) is 2.62. The molecule has 1 aliphatic heterocycles. The van der Waals surface area contributed by atoms with Gasteiger partial charge in [-0.2, -0.15) is 0 Å². The zero-order valence-electron chi connectivity index (χ0n) is 11.9. The number of rotatable bonds is 6. The molecule has 0 atom stereocenters. The molecule has 1 amide bonds. The van der Waals surface area contributed by atoms with Gasteiger partial charge < -0.3 is 11.1 Å². The van der Waals surface area contributed by atoms with Crippen molar-refractivity contribution in [1.29, 1.82) is 0 Å². The van der Waals surface area contributed by atoms with Crippen LogP contribution in [0.25, 0.3) is 0 Å². The summed E-state index contributed by atoms with van der Waals surface area (Å²) in [6.45, 7) is 2.56. The second-order valence-electron chi connectivity index (χ2n) is 5.44. The Balaban J connectivity index is 1.77. The summed E-state index contributed by atoms with van der Waals surface area (Å²) in [4.78, 5) is 12.9. The van der Waals surface area contributed by atoms with E-state index in [4.69, 9.17) is 5.73 Å². The molecule has 116 valence electrons. The van der Waals surface area contributed by atoms with Crippen molar-refractivity contribution in [2.45, 2.75) is 31.9 Å². The lowest BCUT2D eigenvalue weighted by Crippen LogP contribution is -2.45. The number of halogens is 2. The first kappa shape index (κ1) is 15.9. The molecular weight excluding hydrogens is 276 g/mol. The summed E-state index contributed by atoms with van der Waals surface area (Å²) >= 11 is 0. The van der Waals surface area contributed by atoms with Crippen LogP contribution in [0.15, 0.2) is 24.3 Å². The highest BCUT2D eigenvalue weighted by Gasteiger charge is 2.19. The van der Waals surface area contributed by atoms with E-state index in [0.29, 0.717) is 19.1 Å². The number of nitrogens with one attached hydrogen (secondary N) is 1. The van der Waals surface area contributed by atoms with Gasteiger partial charge in [-0.25, -0.2) is 8.78 Å². The summed E-state index contributed by atoms with van der Waals surface area (Å²) in [6.07, 6.45) is -0.564. The number of hydrogen-bond acceptors (Lipinski definition) is 3. The largest absolute Gasteiger partial charge is 0.369 e. The van der Waals surface area contributed by atoms with E-state index in [2.05, 4.69) is 5.32 Å². The zero-order valence-corrected chi connectivity index (χ0v) is 11.9. The molecule has 1 fully saturated rings. The fourth-order valence-electron chi connectivity index (χ4n) is 2.62. The van der Waals surface area contributed by atoms with Crippen LogP contribution in [0.4, 0.5) is 8.78 Å². The number of primary amides is 1. The van der Waals surface area contributed by atoms with Gasteiger partial charge >= 0.3 is 0 Å². The highest BCUT2D eigenvalue weighted by Crippen LogP contribution is 2.19. The third-order valence-electron chi connectivity index (χ3n) is 3.76. The van der Waals surface area contributed by atoms with Crippen LogP contribution in [-0.4, -0.2) is 36.5 Å². The number of benzene rings is 1. The normalized spacial score (nSPS) is 17.3. The van der Waals surface area contributed by atoms with Crippen molar-refractivity contribution in [3.05, 3.63) is 35.4 Å². The molecule has 1 aromatic rings. The smallest absolute Gasteiger partial charge is 0.263 e. The Hall–Kier alpha value is -1.53. The van der Waals surface area contributed by atoms with Gasteiger partial charge in [-0.1, -0.05) is 18.2 Å². The monoisotopic (exact) mass is 297 g/mol. The Labute approximate surface area is 123 Å². The van der Waals surface area contributed by atoms with E-state index in [0.717, 1.165) is 31.5 Å². The van der Waals surface area contributed by atoms with E-state index >= 15 is 0 Å². The van der Waals surface area contributed by atoms with Crippen LogP contribution in [0.3, 0.4) is 0 Å². The van der Waals surface area contributed by atoms with Gasteiger partial charge in [0, 0.05) is 31.2 Å². The quantitative estimate of drug-likeness (QED) is 0.839. The number of hydrogen-bond donors (Lipinski definition) is 2. The maximum atomic E-state index is 12.6. The zero-order chi connectivity index (χ0) is 15.2.